The van der Waals surface area contributed by atoms with Crippen LogP contribution < -0.4 is 0 Å². The summed E-state index contributed by atoms with van der Waals surface area (Å²) in [4.78, 5) is 16.3. The number of para-hydroxylation sites is 2. The summed E-state index contributed by atoms with van der Waals surface area (Å²) in [5, 5.41) is 6.87. The Hall–Kier alpha value is -8.19. The van der Waals surface area contributed by atoms with Gasteiger partial charge in [0.25, 0.3) is 0 Å². The normalized spacial score (nSPS) is 13.4. The van der Waals surface area contributed by atoms with Crippen LogP contribution in [0.25, 0.3) is 115 Å². The van der Waals surface area contributed by atoms with Gasteiger partial charge in [0.15, 0.2) is 11.6 Å². The van der Waals surface area contributed by atoms with Crippen LogP contribution in [0.1, 0.15) is 22.3 Å². The molecule has 296 valence electrons. The standard InChI is InChI=1S/C58H32N4OS/c1-7-22-45-34(14-1)35-15-2-8-23-46(35)58(45)47-24-9-3-16-36(47)43-31-44-37-17-4-10-25-49(37)62(50(44)32-48(43)58)57-60-55(33-28-29-39-38-18-5-11-26-51(38)63-52(39)30-33)59-56(61-57)42-21-13-20-41-40-19-6-12-27-53(40)64-54(41)42/h1-32H. The molecule has 4 aromatic heterocycles. The first kappa shape index (κ1) is 34.4. The lowest BCUT2D eigenvalue weighted by atomic mass is 9.70. The molecule has 0 bridgehead atoms. The van der Waals surface area contributed by atoms with Crippen LogP contribution in [0, 0.1) is 0 Å². The highest BCUT2D eigenvalue weighted by atomic mass is 32.1. The molecule has 2 aliphatic rings. The molecular weight excluding hydrogens is 801 g/mol. The minimum absolute atomic E-state index is 0.497. The molecule has 0 saturated carbocycles. The highest BCUT2D eigenvalue weighted by molar-refractivity contribution is 7.26. The predicted molar refractivity (Wildman–Crippen MR) is 262 cm³/mol. The first-order valence-corrected chi connectivity index (χ1v) is 22.5. The van der Waals surface area contributed by atoms with Crippen LogP contribution in [0.2, 0.25) is 0 Å². The zero-order valence-corrected chi connectivity index (χ0v) is 34.9. The molecule has 5 nitrogen and oxygen atoms in total. The van der Waals surface area contributed by atoms with Gasteiger partial charge in [-0.3, -0.25) is 4.57 Å². The topological polar surface area (TPSA) is 56.7 Å². The van der Waals surface area contributed by atoms with Crippen LogP contribution in [-0.4, -0.2) is 19.5 Å². The maximum Gasteiger partial charge on any atom is 0.238 e. The van der Waals surface area contributed by atoms with Crippen molar-refractivity contribution in [1.29, 1.82) is 0 Å². The molecule has 9 aromatic carbocycles. The zero-order valence-electron chi connectivity index (χ0n) is 34.1. The summed E-state index contributed by atoms with van der Waals surface area (Å²) in [5.74, 6) is 1.76. The van der Waals surface area contributed by atoms with Gasteiger partial charge in [-0.05, 0) is 93.0 Å². The van der Waals surface area contributed by atoms with Gasteiger partial charge >= 0.3 is 0 Å². The number of hydrogen-bond donors (Lipinski definition) is 0. The fourth-order valence-electron chi connectivity index (χ4n) is 11.3. The Morgan fingerprint density at radius 3 is 1.80 bits per heavy atom. The van der Waals surface area contributed by atoms with E-state index in [0.29, 0.717) is 17.6 Å². The maximum absolute atomic E-state index is 6.43. The first-order valence-electron chi connectivity index (χ1n) is 21.7. The van der Waals surface area contributed by atoms with E-state index in [4.69, 9.17) is 19.4 Å². The molecule has 2 aliphatic carbocycles. The maximum atomic E-state index is 6.43. The lowest BCUT2D eigenvalue weighted by molar-refractivity contribution is 0.669. The van der Waals surface area contributed by atoms with E-state index < -0.39 is 5.41 Å². The van der Waals surface area contributed by atoms with Crippen molar-refractivity contribution in [2.24, 2.45) is 0 Å². The summed E-state index contributed by atoms with van der Waals surface area (Å²) in [6.07, 6.45) is 0. The van der Waals surface area contributed by atoms with E-state index in [-0.39, 0.29) is 0 Å². The van der Waals surface area contributed by atoms with Crippen molar-refractivity contribution >= 4 is 75.3 Å². The molecule has 0 unspecified atom stereocenters. The van der Waals surface area contributed by atoms with Crippen molar-refractivity contribution in [1.82, 2.24) is 19.5 Å². The summed E-state index contributed by atoms with van der Waals surface area (Å²) in [6.45, 7) is 0. The molecular formula is C58H32N4OS. The molecule has 0 aliphatic heterocycles. The van der Waals surface area contributed by atoms with Gasteiger partial charge in [0.1, 0.15) is 11.2 Å². The molecule has 6 heteroatoms. The highest BCUT2D eigenvalue weighted by Gasteiger charge is 2.51. The van der Waals surface area contributed by atoms with Crippen LogP contribution in [-0.2, 0) is 5.41 Å². The zero-order chi connectivity index (χ0) is 41.7. The quantitative estimate of drug-likeness (QED) is 0.178. The van der Waals surface area contributed by atoms with E-state index in [1.807, 2.05) is 12.1 Å². The Kier molecular flexibility index (Phi) is 6.70. The van der Waals surface area contributed by atoms with E-state index in [0.717, 1.165) is 59.6 Å². The van der Waals surface area contributed by atoms with E-state index >= 15 is 0 Å². The van der Waals surface area contributed by atoms with Crippen LogP contribution in [0.3, 0.4) is 0 Å². The summed E-state index contributed by atoms with van der Waals surface area (Å²) < 4.78 is 11.1. The SMILES string of the molecule is c1ccc2c(c1)-c1ccccc1C21c2ccccc2-c2cc3c4ccccc4n(-c4nc(-c5ccc6c(c5)oc5ccccc56)nc(-c5cccc6c5sc5ccccc56)n4)c3cc21. The number of thiophene rings is 1. The van der Waals surface area contributed by atoms with Gasteiger partial charge in [-0.2, -0.15) is 9.97 Å². The molecule has 0 N–H and O–H groups in total. The van der Waals surface area contributed by atoms with Crippen molar-refractivity contribution in [3.05, 3.63) is 216 Å². The third-order valence-corrected chi connectivity index (χ3v) is 15.1. The Balaban J connectivity index is 1.04. The Bertz CT molecular complexity index is 4130. The summed E-state index contributed by atoms with van der Waals surface area (Å²) in [7, 11) is 0. The molecule has 1 spiro atoms. The van der Waals surface area contributed by atoms with Crippen LogP contribution in [0.4, 0.5) is 0 Å². The van der Waals surface area contributed by atoms with Crippen LogP contribution in [0.5, 0.6) is 0 Å². The first-order chi connectivity index (χ1) is 31.7. The average molecular weight is 833 g/mol. The predicted octanol–water partition coefficient (Wildman–Crippen LogP) is 14.9. The molecule has 0 fully saturated rings. The highest BCUT2D eigenvalue weighted by Crippen LogP contribution is 2.63. The number of rotatable bonds is 3. The minimum atomic E-state index is -0.497. The van der Waals surface area contributed by atoms with Crippen molar-refractivity contribution in [3.8, 4) is 51.0 Å². The molecule has 15 rings (SSSR count). The van der Waals surface area contributed by atoms with Gasteiger partial charge in [-0.1, -0.05) is 146 Å². The fourth-order valence-corrected chi connectivity index (χ4v) is 12.5. The molecule has 0 saturated heterocycles. The second-order valence-electron chi connectivity index (χ2n) is 17.0. The van der Waals surface area contributed by atoms with Crippen molar-refractivity contribution in [2.45, 2.75) is 5.41 Å². The van der Waals surface area contributed by atoms with Crippen molar-refractivity contribution in [3.63, 3.8) is 0 Å². The van der Waals surface area contributed by atoms with E-state index in [1.165, 1.54) is 60.0 Å². The number of benzene rings is 9. The molecule has 4 heterocycles. The molecule has 0 amide bonds. The molecule has 0 atom stereocenters. The number of aromatic nitrogens is 4. The number of furan rings is 1. The monoisotopic (exact) mass is 832 g/mol. The molecule has 13 aromatic rings. The van der Waals surface area contributed by atoms with Gasteiger partial charge in [0.2, 0.25) is 5.95 Å². The summed E-state index contributed by atoms with van der Waals surface area (Å²) in [6, 6.07) is 70.1. The Labute approximate surface area is 370 Å². The number of nitrogens with zero attached hydrogens (tertiary/aromatic N) is 4. The molecule has 0 radical (unpaired) electrons. The lowest BCUT2D eigenvalue weighted by Crippen LogP contribution is -2.25. The van der Waals surface area contributed by atoms with E-state index in [2.05, 4.69) is 187 Å². The van der Waals surface area contributed by atoms with Crippen LogP contribution >= 0.6 is 11.3 Å². The lowest BCUT2D eigenvalue weighted by Gasteiger charge is -2.30. The van der Waals surface area contributed by atoms with Gasteiger partial charge in [0, 0.05) is 52.8 Å². The smallest absolute Gasteiger partial charge is 0.238 e. The minimum Gasteiger partial charge on any atom is -0.456 e. The van der Waals surface area contributed by atoms with E-state index in [9.17, 15) is 0 Å². The van der Waals surface area contributed by atoms with Gasteiger partial charge < -0.3 is 4.42 Å². The van der Waals surface area contributed by atoms with Gasteiger partial charge in [-0.15, -0.1) is 11.3 Å². The summed E-state index contributed by atoms with van der Waals surface area (Å²) in [5.41, 5.74) is 15.4. The van der Waals surface area contributed by atoms with E-state index in [1.54, 1.807) is 11.3 Å². The van der Waals surface area contributed by atoms with Crippen LogP contribution in [0.15, 0.2) is 199 Å². The fraction of sp³-hybridized carbons (Fsp3) is 0.0172. The third kappa shape index (κ3) is 4.39. The molecule has 64 heavy (non-hydrogen) atoms. The largest absolute Gasteiger partial charge is 0.456 e. The Morgan fingerprint density at radius 1 is 0.391 bits per heavy atom. The third-order valence-electron chi connectivity index (χ3n) is 13.9. The average Bonchev–Trinajstić information content (AvgIpc) is 4.15. The second kappa shape index (κ2) is 12.5. The van der Waals surface area contributed by atoms with Crippen molar-refractivity contribution < 1.29 is 4.42 Å². The summed E-state index contributed by atoms with van der Waals surface area (Å²) >= 11 is 1.78. The Morgan fingerprint density at radius 2 is 1.00 bits per heavy atom. The second-order valence-corrected chi connectivity index (χ2v) is 18.1. The van der Waals surface area contributed by atoms with Crippen molar-refractivity contribution in [2.75, 3.05) is 0 Å². The van der Waals surface area contributed by atoms with Gasteiger partial charge in [-0.25, -0.2) is 4.98 Å². The van der Waals surface area contributed by atoms with Gasteiger partial charge in [0.05, 0.1) is 16.4 Å². The number of hydrogen-bond acceptors (Lipinski definition) is 5. The number of fused-ring (bicyclic) bond motifs is 19.